The summed E-state index contributed by atoms with van der Waals surface area (Å²) in [4.78, 5) is 16.1. The molecule has 7 nitrogen and oxygen atoms in total. The first-order valence-electron chi connectivity index (χ1n) is 10.5. The molecule has 0 bridgehead atoms. The van der Waals surface area contributed by atoms with Crippen LogP contribution in [-0.2, 0) is 6.54 Å². The molecule has 3 N–H and O–H groups in total. The minimum atomic E-state index is -0.398. The number of rotatable bonds is 7. The van der Waals surface area contributed by atoms with Gasteiger partial charge in [0, 0.05) is 36.6 Å². The molecule has 32 heavy (non-hydrogen) atoms. The Morgan fingerprint density at radius 3 is 2.53 bits per heavy atom. The molecule has 0 fully saturated rings. The number of nitrogens with two attached hydrogens (primary N) is 1. The van der Waals surface area contributed by atoms with E-state index in [1.165, 1.54) is 12.1 Å². The quantitative estimate of drug-likeness (QED) is 0.461. The number of nitrogens with zero attached hydrogens (tertiary/aromatic N) is 5. The monoisotopic (exact) mass is 433 g/mol. The molecule has 0 atom stereocenters. The highest BCUT2D eigenvalue weighted by Crippen LogP contribution is 2.32. The van der Waals surface area contributed by atoms with Crippen LogP contribution in [0.1, 0.15) is 19.4 Å². The van der Waals surface area contributed by atoms with Crippen LogP contribution < -0.4 is 11.1 Å². The largest absolute Gasteiger partial charge is 0.352 e. The Hall–Kier alpha value is -3.36. The van der Waals surface area contributed by atoms with Gasteiger partial charge in [-0.05, 0) is 76.0 Å². The third kappa shape index (κ3) is 4.92. The number of aromatic nitrogens is 4. The fourth-order valence-electron chi connectivity index (χ4n) is 3.49. The Bertz CT molecular complexity index is 1220. The molecule has 3 aromatic heterocycles. The lowest BCUT2D eigenvalue weighted by atomic mass is 10.1. The SMILES string of the molecule is CN(C)Cc1ccn2c(-c3ccnc(NCC(C)(C)N)n3)c(-c3ccc(F)cc3)nc2c1. The molecule has 8 heteroatoms. The van der Waals surface area contributed by atoms with E-state index in [1.807, 2.05) is 44.6 Å². The standard InChI is InChI=1S/C24H28FN7/c1-24(2,26)15-28-23-27-11-9-19(29-23)22-21(17-5-7-18(25)8-6-17)30-20-13-16(14-31(3)4)10-12-32(20)22/h5-13H,14-15,26H2,1-4H3,(H,27,28,29). The molecule has 1 aromatic carbocycles. The molecule has 0 aliphatic carbocycles. The zero-order chi connectivity index (χ0) is 22.9. The molecule has 166 valence electrons. The van der Waals surface area contributed by atoms with Gasteiger partial charge in [-0.1, -0.05) is 0 Å². The lowest BCUT2D eigenvalue weighted by molar-refractivity contribution is 0.402. The van der Waals surface area contributed by atoms with Crippen molar-refractivity contribution in [2.45, 2.75) is 25.9 Å². The van der Waals surface area contributed by atoms with Crippen molar-refractivity contribution in [1.82, 2.24) is 24.3 Å². The third-order valence-electron chi connectivity index (χ3n) is 4.91. The Labute approximate surface area is 187 Å². The van der Waals surface area contributed by atoms with E-state index in [2.05, 4.69) is 27.3 Å². The van der Waals surface area contributed by atoms with E-state index >= 15 is 0 Å². The molecule has 0 unspecified atom stereocenters. The van der Waals surface area contributed by atoms with Crippen LogP contribution >= 0.6 is 0 Å². The van der Waals surface area contributed by atoms with Crippen molar-refractivity contribution in [2.75, 3.05) is 26.0 Å². The highest BCUT2D eigenvalue weighted by molar-refractivity contribution is 5.80. The summed E-state index contributed by atoms with van der Waals surface area (Å²) in [7, 11) is 4.06. The topological polar surface area (TPSA) is 84.4 Å². The predicted octanol–water partition coefficient (Wildman–Crippen LogP) is 3.81. The molecular formula is C24H28FN7. The Kier molecular flexibility index (Phi) is 5.90. The van der Waals surface area contributed by atoms with Crippen LogP contribution in [0.15, 0.2) is 54.9 Å². The van der Waals surface area contributed by atoms with Crippen molar-refractivity contribution in [1.29, 1.82) is 0 Å². The maximum Gasteiger partial charge on any atom is 0.223 e. The minimum Gasteiger partial charge on any atom is -0.352 e. The highest BCUT2D eigenvalue weighted by Gasteiger charge is 2.19. The molecule has 4 rings (SSSR count). The second-order valence-electron chi connectivity index (χ2n) is 8.92. The fourth-order valence-corrected chi connectivity index (χ4v) is 3.49. The van der Waals surface area contributed by atoms with Gasteiger partial charge in [-0.15, -0.1) is 0 Å². The fraction of sp³-hybridized carbons (Fsp3) is 0.292. The predicted molar refractivity (Wildman–Crippen MR) is 126 cm³/mol. The van der Waals surface area contributed by atoms with Gasteiger partial charge in [0.05, 0.1) is 17.1 Å². The van der Waals surface area contributed by atoms with Crippen molar-refractivity contribution in [3.63, 3.8) is 0 Å². The van der Waals surface area contributed by atoms with E-state index in [9.17, 15) is 4.39 Å². The van der Waals surface area contributed by atoms with Crippen LogP contribution in [0, 0.1) is 5.82 Å². The van der Waals surface area contributed by atoms with E-state index < -0.39 is 5.54 Å². The number of fused-ring (bicyclic) bond motifs is 1. The lowest BCUT2D eigenvalue weighted by Crippen LogP contribution is -2.39. The van der Waals surface area contributed by atoms with Crippen molar-refractivity contribution in [3.8, 4) is 22.6 Å². The number of anilines is 1. The summed E-state index contributed by atoms with van der Waals surface area (Å²) in [6, 6.07) is 12.3. The maximum absolute atomic E-state index is 13.6. The first-order chi connectivity index (χ1) is 15.2. The Morgan fingerprint density at radius 1 is 1.09 bits per heavy atom. The van der Waals surface area contributed by atoms with Crippen LogP contribution in [0.3, 0.4) is 0 Å². The van der Waals surface area contributed by atoms with Crippen molar-refractivity contribution >= 4 is 11.6 Å². The number of nitrogens with one attached hydrogen (secondary N) is 1. The molecule has 0 saturated carbocycles. The van der Waals surface area contributed by atoms with Crippen molar-refractivity contribution < 1.29 is 4.39 Å². The van der Waals surface area contributed by atoms with Crippen molar-refractivity contribution in [3.05, 3.63) is 66.2 Å². The van der Waals surface area contributed by atoms with E-state index in [0.717, 1.165) is 34.7 Å². The number of halogens is 1. The zero-order valence-corrected chi connectivity index (χ0v) is 18.8. The summed E-state index contributed by atoms with van der Waals surface area (Å²) in [6.07, 6.45) is 3.71. The molecule has 0 aliphatic heterocycles. The van der Waals surface area contributed by atoms with E-state index in [-0.39, 0.29) is 5.82 Å². The molecule has 0 amide bonds. The van der Waals surface area contributed by atoms with Gasteiger partial charge < -0.3 is 16.0 Å². The summed E-state index contributed by atoms with van der Waals surface area (Å²) < 4.78 is 15.6. The number of benzene rings is 1. The van der Waals surface area contributed by atoms with Crippen LogP contribution in [0.25, 0.3) is 28.3 Å². The second-order valence-corrected chi connectivity index (χ2v) is 8.92. The number of pyridine rings is 1. The first-order valence-corrected chi connectivity index (χ1v) is 10.5. The molecule has 0 spiro atoms. The maximum atomic E-state index is 13.6. The van der Waals surface area contributed by atoms with Gasteiger partial charge in [0.2, 0.25) is 5.95 Å². The van der Waals surface area contributed by atoms with Gasteiger partial charge in [-0.3, -0.25) is 4.40 Å². The molecule has 4 aromatic rings. The molecule has 0 saturated heterocycles. The van der Waals surface area contributed by atoms with E-state index in [4.69, 9.17) is 15.7 Å². The first kappa shape index (κ1) is 21.9. The average molecular weight is 434 g/mol. The summed E-state index contributed by atoms with van der Waals surface area (Å²) >= 11 is 0. The van der Waals surface area contributed by atoms with Gasteiger partial charge in [0.25, 0.3) is 0 Å². The minimum absolute atomic E-state index is 0.287. The van der Waals surface area contributed by atoms with Gasteiger partial charge >= 0.3 is 0 Å². The summed E-state index contributed by atoms with van der Waals surface area (Å²) in [6.45, 7) is 5.21. The third-order valence-corrected chi connectivity index (χ3v) is 4.91. The smallest absolute Gasteiger partial charge is 0.223 e. The number of hydrogen-bond acceptors (Lipinski definition) is 6. The summed E-state index contributed by atoms with van der Waals surface area (Å²) in [5.74, 6) is 0.204. The molecule has 0 radical (unpaired) electrons. The molecular weight excluding hydrogens is 405 g/mol. The van der Waals surface area contributed by atoms with Gasteiger partial charge in [0.15, 0.2) is 0 Å². The second kappa shape index (κ2) is 8.64. The average Bonchev–Trinajstić information content (AvgIpc) is 3.11. The highest BCUT2D eigenvalue weighted by atomic mass is 19.1. The van der Waals surface area contributed by atoms with Crippen LogP contribution in [-0.4, -0.2) is 50.4 Å². The van der Waals surface area contributed by atoms with Crippen molar-refractivity contribution in [2.24, 2.45) is 5.73 Å². The van der Waals surface area contributed by atoms with E-state index in [0.29, 0.717) is 18.2 Å². The van der Waals surface area contributed by atoms with Gasteiger partial charge in [0.1, 0.15) is 11.5 Å². The number of hydrogen-bond donors (Lipinski definition) is 2. The Balaban J connectivity index is 1.85. The van der Waals surface area contributed by atoms with Gasteiger partial charge in [-0.2, -0.15) is 0 Å². The van der Waals surface area contributed by atoms with Crippen LogP contribution in [0.5, 0.6) is 0 Å². The lowest BCUT2D eigenvalue weighted by Gasteiger charge is -2.19. The van der Waals surface area contributed by atoms with Crippen LogP contribution in [0.2, 0.25) is 0 Å². The zero-order valence-electron chi connectivity index (χ0n) is 18.8. The molecule has 3 heterocycles. The summed E-state index contributed by atoms with van der Waals surface area (Å²) in [5.41, 5.74) is 10.7. The van der Waals surface area contributed by atoms with Crippen LogP contribution in [0.4, 0.5) is 10.3 Å². The summed E-state index contributed by atoms with van der Waals surface area (Å²) in [5, 5.41) is 3.20. The number of imidazole rings is 1. The van der Waals surface area contributed by atoms with Gasteiger partial charge in [-0.25, -0.2) is 19.3 Å². The Morgan fingerprint density at radius 2 is 1.84 bits per heavy atom. The normalized spacial score (nSPS) is 12.0. The molecule has 0 aliphatic rings. The van der Waals surface area contributed by atoms with E-state index in [1.54, 1.807) is 18.3 Å².